The first-order valence-electron chi connectivity index (χ1n) is 8.91. The highest BCUT2D eigenvalue weighted by atomic mass is 32.2. The highest BCUT2D eigenvalue weighted by Gasteiger charge is 2.25. The van der Waals surface area contributed by atoms with Gasteiger partial charge in [-0.2, -0.15) is 0 Å². The van der Waals surface area contributed by atoms with Gasteiger partial charge in [-0.25, -0.2) is 8.42 Å². The molecule has 0 atom stereocenters. The Morgan fingerprint density at radius 1 is 1.07 bits per heavy atom. The van der Waals surface area contributed by atoms with Gasteiger partial charge in [0.1, 0.15) is 5.69 Å². The van der Waals surface area contributed by atoms with E-state index < -0.39 is 10.0 Å². The molecule has 2 aromatic rings. The number of hydrogen-bond donors (Lipinski definition) is 2. The molecule has 0 radical (unpaired) electrons. The Morgan fingerprint density at radius 2 is 1.75 bits per heavy atom. The lowest BCUT2D eigenvalue weighted by atomic mass is 10.0. The van der Waals surface area contributed by atoms with E-state index in [1.807, 2.05) is 0 Å². The van der Waals surface area contributed by atoms with Crippen LogP contribution in [-0.4, -0.2) is 55.5 Å². The van der Waals surface area contributed by atoms with Crippen LogP contribution in [0.3, 0.4) is 0 Å². The van der Waals surface area contributed by atoms with Crippen LogP contribution in [0.1, 0.15) is 33.7 Å². The Labute approximate surface area is 164 Å². The van der Waals surface area contributed by atoms with Crippen molar-refractivity contribution in [3.05, 3.63) is 59.9 Å². The second kappa shape index (κ2) is 8.39. The van der Waals surface area contributed by atoms with Crippen LogP contribution in [0.2, 0.25) is 0 Å². The SMILES string of the molecule is CS(=O)(=O)Nc1ccc(C(=O)N2CCC(NC(=O)c3ccccn3)CC2)cc1. The summed E-state index contributed by atoms with van der Waals surface area (Å²) < 4.78 is 24.9. The first-order chi connectivity index (χ1) is 13.3. The molecule has 0 spiro atoms. The first kappa shape index (κ1) is 19.8. The molecule has 28 heavy (non-hydrogen) atoms. The van der Waals surface area contributed by atoms with E-state index in [1.165, 1.54) is 0 Å². The van der Waals surface area contributed by atoms with E-state index in [0.717, 1.165) is 6.26 Å². The number of carbonyl (C=O) groups is 2. The molecule has 2 amide bonds. The highest BCUT2D eigenvalue weighted by molar-refractivity contribution is 7.92. The summed E-state index contributed by atoms with van der Waals surface area (Å²) in [6.45, 7) is 1.07. The zero-order valence-electron chi connectivity index (χ0n) is 15.5. The number of nitrogens with one attached hydrogen (secondary N) is 2. The maximum absolute atomic E-state index is 12.6. The first-order valence-corrected chi connectivity index (χ1v) is 10.8. The zero-order chi connectivity index (χ0) is 20.1. The lowest BCUT2D eigenvalue weighted by molar-refractivity contribution is 0.0697. The number of likely N-dealkylation sites (tertiary alicyclic amines) is 1. The van der Waals surface area contributed by atoms with Gasteiger partial charge in [-0.3, -0.25) is 19.3 Å². The fourth-order valence-corrected chi connectivity index (χ4v) is 3.63. The van der Waals surface area contributed by atoms with Gasteiger partial charge in [-0.05, 0) is 49.2 Å². The summed E-state index contributed by atoms with van der Waals surface area (Å²) in [6.07, 6.45) is 3.98. The molecule has 8 nitrogen and oxygen atoms in total. The fraction of sp³-hybridized carbons (Fsp3) is 0.316. The van der Waals surface area contributed by atoms with Crippen molar-refractivity contribution in [3.63, 3.8) is 0 Å². The van der Waals surface area contributed by atoms with Gasteiger partial charge in [-0.15, -0.1) is 0 Å². The molecule has 0 unspecified atom stereocenters. The monoisotopic (exact) mass is 402 g/mol. The molecule has 0 bridgehead atoms. The minimum absolute atomic E-state index is 0.0000991. The second-order valence-corrected chi connectivity index (χ2v) is 8.45. The van der Waals surface area contributed by atoms with E-state index in [0.29, 0.717) is 42.9 Å². The number of anilines is 1. The van der Waals surface area contributed by atoms with Crippen molar-refractivity contribution in [1.82, 2.24) is 15.2 Å². The van der Waals surface area contributed by atoms with Gasteiger partial charge >= 0.3 is 0 Å². The number of sulfonamides is 1. The van der Waals surface area contributed by atoms with Crippen molar-refractivity contribution in [2.75, 3.05) is 24.1 Å². The summed E-state index contributed by atoms with van der Waals surface area (Å²) in [5, 5.41) is 2.96. The third kappa shape index (κ3) is 5.29. The Kier molecular flexibility index (Phi) is 5.93. The number of hydrogen-bond acceptors (Lipinski definition) is 5. The van der Waals surface area contributed by atoms with Crippen molar-refractivity contribution in [1.29, 1.82) is 0 Å². The molecule has 1 aliphatic heterocycles. The van der Waals surface area contributed by atoms with E-state index in [-0.39, 0.29) is 17.9 Å². The maximum Gasteiger partial charge on any atom is 0.270 e. The van der Waals surface area contributed by atoms with Crippen LogP contribution in [-0.2, 0) is 10.0 Å². The van der Waals surface area contributed by atoms with Crippen molar-refractivity contribution in [2.45, 2.75) is 18.9 Å². The molecule has 2 heterocycles. The van der Waals surface area contributed by atoms with E-state index >= 15 is 0 Å². The lowest BCUT2D eigenvalue weighted by Crippen LogP contribution is -2.46. The highest BCUT2D eigenvalue weighted by Crippen LogP contribution is 2.17. The number of rotatable bonds is 5. The number of piperidine rings is 1. The predicted octanol–water partition coefficient (Wildman–Crippen LogP) is 1.49. The van der Waals surface area contributed by atoms with Crippen LogP contribution >= 0.6 is 0 Å². The molecule has 3 rings (SSSR count). The molecule has 148 valence electrons. The molecule has 1 saturated heterocycles. The fourth-order valence-electron chi connectivity index (χ4n) is 3.06. The number of aromatic nitrogens is 1. The molecule has 9 heteroatoms. The number of nitrogens with zero attached hydrogens (tertiary/aromatic N) is 2. The van der Waals surface area contributed by atoms with Gasteiger partial charge in [0.2, 0.25) is 10.0 Å². The number of benzene rings is 1. The quantitative estimate of drug-likeness (QED) is 0.788. The smallest absolute Gasteiger partial charge is 0.270 e. The van der Waals surface area contributed by atoms with Gasteiger partial charge in [0.15, 0.2) is 0 Å². The largest absolute Gasteiger partial charge is 0.348 e. The van der Waals surface area contributed by atoms with E-state index in [1.54, 1.807) is 53.6 Å². The van der Waals surface area contributed by atoms with Crippen molar-refractivity contribution < 1.29 is 18.0 Å². The van der Waals surface area contributed by atoms with Crippen molar-refractivity contribution in [3.8, 4) is 0 Å². The molecular formula is C19H22N4O4S. The Bertz CT molecular complexity index is 938. The molecule has 1 aliphatic rings. The summed E-state index contributed by atoms with van der Waals surface area (Å²) in [5.41, 5.74) is 1.29. The van der Waals surface area contributed by atoms with Crippen LogP contribution in [0.4, 0.5) is 5.69 Å². The molecular weight excluding hydrogens is 380 g/mol. The van der Waals surface area contributed by atoms with Crippen molar-refractivity contribution >= 4 is 27.5 Å². The van der Waals surface area contributed by atoms with E-state index in [2.05, 4.69) is 15.0 Å². The standard InChI is InChI=1S/C19H22N4O4S/c1-28(26,27)22-16-7-5-14(6-8-16)19(25)23-12-9-15(10-13-23)21-18(24)17-4-2-3-11-20-17/h2-8,11,15,22H,9-10,12-13H2,1H3,(H,21,24). The number of amides is 2. The summed E-state index contributed by atoms with van der Waals surface area (Å²) in [4.78, 5) is 30.6. The van der Waals surface area contributed by atoms with Crippen LogP contribution in [0, 0.1) is 0 Å². The van der Waals surface area contributed by atoms with Crippen LogP contribution in [0.5, 0.6) is 0 Å². The van der Waals surface area contributed by atoms with E-state index in [9.17, 15) is 18.0 Å². The number of pyridine rings is 1. The zero-order valence-corrected chi connectivity index (χ0v) is 16.3. The van der Waals surface area contributed by atoms with Crippen LogP contribution < -0.4 is 10.0 Å². The Hall–Kier alpha value is -2.94. The normalized spacial score (nSPS) is 15.1. The van der Waals surface area contributed by atoms with Gasteiger partial charge in [0, 0.05) is 36.6 Å². The topological polar surface area (TPSA) is 108 Å². The van der Waals surface area contributed by atoms with Gasteiger partial charge < -0.3 is 10.2 Å². The van der Waals surface area contributed by atoms with Gasteiger partial charge in [0.05, 0.1) is 6.26 Å². The van der Waals surface area contributed by atoms with E-state index in [4.69, 9.17) is 0 Å². The summed E-state index contributed by atoms with van der Waals surface area (Å²) in [6, 6.07) is 11.5. The Balaban J connectivity index is 1.53. The van der Waals surface area contributed by atoms with Crippen LogP contribution in [0.25, 0.3) is 0 Å². The third-order valence-corrected chi connectivity index (χ3v) is 5.06. The molecule has 1 aromatic heterocycles. The third-order valence-electron chi connectivity index (χ3n) is 4.45. The second-order valence-electron chi connectivity index (χ2n) is 6.71. The minimum atomic E-state index is -3.35. The van der Waals surface area contributed by atoms with Gasteiger partial charge in [-0.1, -0.05) is 6.07 Å². The van der Waals surface area contributed by atoms with Crippen molar-refractivity contribution in [2.24, 2.45) is 0 Å². The average molecular weight is 402 g/mol. The van der Waals surface area contributed by atoms with Gasteiger partial charge in [0.25, 0.3) is 11.8 Å². The predicted molar refractivity (Wildman–Crippen MR) is 106 cm³/mol. The summed E-state index contributed by atoms with van der Waals surface area (Å²) in [5.74, 6) is -0.320. The molecule has 0 saturated carbocycles. The molecule has 1 aromatic carbocycles. The summed E-state index contributed by atoms with van der Waals surface area (Å²) in [7, 11) is -3.35. The molecule has 2 N–H and O–H groups in total. The Morgan fingerprint density at radius 3 is 2.32 bits per heavy atom. The van der Waals surface area contributed by atoms with Crippen LogP contribution in [0.15, 0.2) is 48.7 Å². The molecule has 1 fully saturated rings. The minimum Gasteiger partial charge on any atom is -0.348 e. The lowest BCUT2D eigenvalue weighted by Gasteiger charge is -2.32. The maximum atomic E-state index is 12.6. The molecule has 0 aliphatic carbocycles. The summed E-state index contributed by atoms with van der Waals surface area (Å²) >= 11 is 0. The average Bonchev–Trinajstić information content (AvgIpc) is 2.68. The number of carbonyl (C=O) groups excluding carboxylic acids is 2.